The van der Waals surface area contributed by atoms with Gasteiger partial charge in [0.2, 0.25) is 0 Å². The van der Waals surface area contributed by atoms with Gasteiger partial charge < -0.3 is 10.4 Å². The topological polar surface area (TPSA) is 49.3 Å². The zero-order chi connectivity index (χ0) is 15.7. The smallest absolute Gasteiger partial charge is 0.312 e. The van der Waals surface area contributed by atoms with Crippen LogP contribution >= 0.6 is 0 Å². The lowest BCUT2D eigenvalue weighted by atomic mass is 9.86. The molecule has 0 unspecified atom stereocenters. The maximum Gasteiger partial charge on any atom is 0.312 e. The van der Waals surface area contributed by atoms with Crippen molar-refractivity contribution in [3.05, 3.63) is 35.8 Å². The Bertz CT molecular complexity index is 543. The fourth-order valence-electron chi connectivity index (χ4n) is 2.08. The molecule has 1 aromatic rings. The van der Waals surface area contributed by atoms with E-state index in [9.17, 15) is 9.90 Å². The Balaban J connectivity index is 2.58. The minimum Gasteiger partial charge on any atom is -0.481 e. The van der Waals surface area contributed by atoms with Crippen molar-refractivity contribution in [2.45, 2.75) is 31.2 Å². The number of carboxylic acid groups (broad SMARTS) is 1. The van der Waals surface area contributed by atoms with E-state index in [1.807, 2.05) is 0 Å². The van der Waals surface area contributed by atoms with Gasteiger partial charge in [0.15, 0.2) is 0 Å². The fourth-order valence-corrected chi connectivity index (χ4v) is 2.08. The Kier molecular flexibility index (Phi) is 2.05. The first-order chi connectivity index (χ1) is 9.86. The molecule has 2 rings (SSSR count). The van der Waals surface area contributed by atoms with Crippen molar-refractivity contribution >= 4 is 5.97 Å². The molecule has 0 aliphatic carbocycles. The third-order valence-corrected chi connectivity index (χ3v) is 2.85. The standard InChI is InChI=1S/C13H17NO2/c15-13(16)12(10-6-2-1-3-7-10)11-8-4-5-9-14-11/h1-3,6-7,11-12,14H,4-5,8-9H2,(H,15,16)/t11-,12-/m0/s1/i1D,2D,3D,6D,7D. The largest absolute Gasteiger partial charge is 0.481 e. The highest BCUT2D eigenvalue weighted by Gasteiger charge is 2.30. The lowest BCUT2D eigenvalue weighted by molar-refractivity contribution is -0.139. The van der Waals surface area contributed by atoms with Gasteiger partial charge >= 0.3 is 5.97 Å². The monoisotopic (exact) mass is 224 g/mol. The molecule has 1 aliphatic heterocycles. The van der Waals surface area contributed by atoms with Crippen molar-refractivity contribution < 1.29 is 16.8 Å². The van der Waals surface area contributed by atoms with Crippen LogP contribution in [-0.4, -0.2) is 23.7 Å². The Morgan fingerprint density at radius 3 is 2.75 bits per heavy atom. The van der Waals surface area contributed by atoms with Crippen LogP contribution in [0.15, 0.2) is 30.2 Å². The summed E-state index contributed by atoms with van der Waals surface area (Å²) >= 11 is 0. The molecule has 86 valence electrons. The highest BCUT2D eigenvalue weighted by molar-refractivity contribution is 5.77. The van der Waals surface area contributed by atoms with Crippen molar-refractivity contribution in [1.82, 2.24) is 5.32 Å². The van der Waals surface area contributed by atoms with E-state index in [0.717, 1.165) is 12.8 Å². The number of hydrogen-bond donors (Lipinski definition) is 2. The van der Waals surface area contributed by atoms with Crippen LogP contribution in [0.2, 0.25) is 0 Å². The SMILES string of the molecule is [2H]c1c([2H])c([2H])c([C@H](C(=O)O)[C@@H]2CCCCN2)c([2H])c1[2H]. The second-order valence-electron chi connectivity index (χ2n) is 3.91. The first-order valence-corrected chi connectivity index (χ1v) is 5.39. The van der Waals surface area contributed by atoms with Crippen molar-refractivity contribution in [2.75, 3.05) is 6.54 Å². The van der Waals surface area contributed by atoms with Crippen LogP contribution in [-0.2, 0) is 4.79 Å². The molecule has 1 saturated heterocycles. The van der Waals surface area contributed by atoms with Gasteiger partial charge in [-0.05, 0) is 24.9 Å². The Labute approximate surface area is 103 Å². The van der Waals surface area contributed by atoms with Gasteiger partial charge in [-0.2, -0.15) is 0 Å². The summed E-state index contributed by atoms with van der Waals surface area (Å²) in [6.07, 6.45) is 2.42. The lowest BCUT2D eigenvalue weighted by Crippen LogP contribution is -2.41. The number of benzene rings is 1. The summed E-state index contributed by atoms with van der Waals surface area (Å²) in [6.45, 7) is 0.674. The van der Waals surface area contributed by atoms with Crippen LogP contribution in [0, 0.1) is 0 Å². The molecule has 2 N–H and O–H groups in total. The van der Waals surface area contributed by atoms with E-state index < -0.39 is 48.1 Å². The molecular weight excluding hydrogens is 202 g/mol. The summed E-state index contributed by atoms with van der Waals surface area (Å²) in [5, 5.41) is 12.6. The van der Waals surface area contributed by atoms with Gasteiger partial charge in [-0.15, -0.1) is 0 Å². The van der Waals surface area contributed by atoms with E-state index in [2.05, 4.69) is 5.32 Å². The van der Waals surface area contributed by atoms with Crippen molar-refractivity contribution in [3.63, 3.8) is 0 Å². The van der Waals surface area contributed by atoms with Crippen molar-refractivity contribution in [2.24, 2.45) is 0 Å². The third kappa shape index (κ3) is 2.42. The molecule has 16 heavy (non-hydrogen) atoms. The average molecular weight is 224 g/mol. The Morgan fingerprint density at radius 1 is 1.44 bits per heavy atom. The van der Waals surface area contributed by atoms with Crippen LogP contribution in [0.3, 0.4) is 0 Å². The van der Waals surface area contributed by atoms with Gasteiger partial charge in [0.05, 0.1) is 12.8 Å². The molecule has 0 spiro atoms. The van der Waals surface area contributed by atoms with Crippen molar-refractivity contribution in [3.8, 4) is 0 Å². The molecule has 1 heterocycles. The van der Waals surface area contributed by atoms with Crippen LogP contribution in [0.25, 0.3) is 0 Å². The number of carboxylic acids is 1. The summed E-state index contributed by atoms with van der Waals surface area (Å²) in [5.74, 6) is -2.31. The van der Waals surface area contributed by atoms with Gasteiger partial charge in [-0.3, -0.25) is 4.79 Å². The Morgan fingerprint density at radius 2 is 2.19 bits per heavy atom. The first-order valence-electron chi connectivity index (χ1n) is 7.89. The first kappa shape index (κ1) is 6.40. The van der Waals surface area contributed by atoms with E-state index in [4.69, 9.17) is 6.85 Å². The second-order valence-corrected chi connectivity index (χ2v) is 3.91. The highest BCUT2D eigenvalue weighted by Crippen LogP contribution is 2.25. The molecule has 3 nitrogen and oxygen atoms in total. The van der Waals surface area contributed by atoms with E-state index in [-0.39, 0.29) is 5.56 Å². The van der Waals surface area contributed by atoms with Gasteiger partial charge in [0.1, 0.15) is 0 Å². The molecular formula is C13H17NO2. The maximum absolute atomic E-state index is 11.6. The maximum atomic E-state index is 11.6. The number of piperidine rings is 1. The summed E-state index contributed by atoms with van der Waals surface area (Å²) in [5.41, 5.74) is -0.132. The fraction of sp³-hybridized carbons (Fsp3) is 0.462. The lowest BCUT2D eigenvalue weighted by Gasteiger charge is -2.29. The second kappa shape index (κ2) is 5.12. The molecule has 1 fully saturated rings. The molecule has 0 amide bonds. The van der Waals surface area contributed by atoms with Gasteiger partial charge in [0, 0.05) is 6.04 Å². The average Bonchev–Trinajstić information content (AvgIpc) is 2.48. The van der Waals surface area contributed by atoms with Gasteiger partial charge in [0.25, 0.3) is 0 Å². The summed E-state index contributed by atoms with van der Waals surface area (Å²) in [4.78, 5) is 11.6. The van der Waals surface area contributed by atoms with E-state index in [0.29, 0.717) is 13.0 Å². The van der Waals surface area contributed by atoms with E-state index >= 15 is 0 Å². The molecule has 3 heteroatoms. The zero-order valence-electron chi connectivity index (χ0n) is 13.8. The molecule has 1 aromatic carbocycles. The summed E-state index contributed by atoms with van der Waals surface area (Å²) in [7, 11) is 0. The van der Waals surface area contributed by atoms with Gasteiger partial charge in [-0.1, -0.05) is 36.6 Å². The number of aliphatic carboxylic acids is 1. The molecule has 0 aromatic heterocycles. The number of hydrogen-bond acceptors (Lipinski definition) is 2. The Hall–Kier alpha value is -1.35. The normalized spacial score (nSPS) is 27.0. The van der Waals surface area contributed by atoms with E-state index in [1.54, 1.807) is 0 Å². The number of carbonyl (C=O) groups is 1. The van der Waals surface area contributed by atoms with Crippen LogP contribution in [0.4, 0.5) is 0 Å². The highest BCUT2D eigenvalue weighted by atomic mass is 16.4. The predicted octanol–water partition coefficient (Wildman–Crippen LogP) is 2.00. The van der Waals surface area contributed by atoms with Crippen molar-refractivity contribution in [1.29, 1.82) is 0 Å². The molecule has 0 bridgehead atoms. The van der Waals surface area contributed by atoms with Crippen LogP contribution < -0.4 is 5.32 Å². The quantitative estimate of drug-likeness (QED) is 0.825. The van der Waals surface area contributed by atoms with E-state index in [1.165, 1.54) is 0 Å². The zero-order valence-corrected chi connectivity index (χ0v) is 8.84. The number of rotatable bonds is 3. The molecule has 2 atom stereocenters. The van der Waals surface area contributed by atoms with Crippen LogP contribution in [0.1, 0.15) is 37.6 Å². The minimum absolute atomic E-state index is 0.132. The summed E-state index contributed by atoms with van der Waals surface area (Å²) < 4.78 is 38.7. The predicted molar refractivity (Wildman–Crippen MR) is 62.5 cm³/mol. The third-order valence-electron chi connectivity index (χ3n) is 2.85. The molecule has 0 saturated carbocycles. The molecule has 1 aliphatic rings. The van der Waals surface area contributed by atoms with Gasteiger partial charge in [-0.25, -0.2) is 0 Å². The minimum atomic E-state index is -1.17. The number of nitrogens with one attached hydrogen (secondary N) is 1. The summed E-state index contributed by atoms with van der Waals surface area (Å²) in [6, 6.07) is -2.77. The molecule has 0 radical (unpaired) electrons. The van der Waals surface area contributed by atoms with Crippen LogP contribution in [0.5, 0.6) is 0 Å².